The average Bonchev–Trinajstić information content (AvgIpc) is 3.41. The number of nitrogens with one attached hydrogen (secondary N) is 1. The third-order valence-electron chi connectivity index (χ3n) is 5.88. The third kappa shape index (κ3) is 3.84. The fraction of sp³-hybridized carbons (Fsp3) is 0.292. The van der Waals surface area contributed by atoms with Crippen LogP contribution in [-0.4, -0.2) is 37.2 Å². The fourth-order valence-corrected chi connectivity index (χ4v) is 4.22. The number of halogens is 2. The molecule has 7 nitrogen and oxygen atoms in total. The van der Waals surface area contributed by atoms with E-state index in [4.69, 9.17) is 11.6 Å². The summed E-state index contributed by atoms with van der Waals surface area (Å²) in [6, 6.07) is 5.43. The molecule has 0 aromatic carbocycles. The van der Waals surface area contributed by atoms with Gasteiger partial charge in [0, 0.05) is 41.4 Å². The number of ketones is 1. The topological polar surface area (TPSA) is 89.2 Å². The molecule has 1 N–H and O–H groups in total. The fourth-order valence-electron chi connectivity index (χ4n) is 4.00. The Morgan fingerprint density at radius 2 is 1.94 bits per heavy atom. The molecule has 4 aromatic rings. The Hall–Kier alpha value is -3.39. The average molecular weight is 466 g/mol. The number of alkyl halides is 1. The molecule has 1 aliphatic rings. The molecule has 5 rings (SSSR count). The lowest BCUT2D eigenvalue weighted by Gasteiger charge is -2.13. The molecule has 33 heavy (non-hydrogen) atoms. The van der Waals surface area contributed by atoms with Crippen LogP contribution in [-0.2, 0) is 4.79 Å². The molecule has 0 saturated heterocycles. The molecule has 1 amide bonds. The maximum absolute atomic E-state index is 13.2. The summed E-state index contributed by atoms with van der Waals surface area (Å²) in [6.07, 6.45) is 5.26. The summed E-state index contributed by atoms with van der Waals surface area (Å²) in [5.74, 6) is -0.645. The molecular weight excluding hydrogens is 445 g/mol. The van der Waals surface area contributed by atoms with E-state index in [1.54, 1.807) is 35.1 Å². The zero-order chi connectivity index (χ0) is 23.3. The van der Waals surface area contributed by atoms with Crippen molar-refractivity contribution >= 4 is 45.7 Å². The molecule has 1 fully saturated rings. The Balaban J connectivity index is 1.60. The van der Waals surface area contributed by atoms with Crippen molar-refractivity contribution in [3.63, 3.8) is 0 Å². The zero-order valence-electron chi connectivity index (χ0n) is 18.1. The van der Waals surface area contributed by atoms with Crippen LogP contribution < -0.4 is 5.32 Å². The lowest BCUT2D eigenvalue weighted by molar-refractivity contribution is -0.117. The van der Waals surface area contributed by atoms with Gasteiger partial charge in [-0.25, -0.2) is 14.4 Å². The van der Waals surface area contributed by atoms with E-state index in [0.29, 0.717) is 34.2 Å². The highest BCUT2D eigenvalue weighted by Gasteiger charge is 2.43. The van der Waals surface area contributed by atoms with E-state index in [0.717, 1.165) is 28.5 Å². The Morgan fingerprint density at radius 1 is 1.15 bits per heavy atom. The smallest absolute Gasteiger partial charge is 0.231 e. The quantitative estimate of drug-likeness (QED) is 0.396. The van der Waals surface area contributed by atoms with Crippen LogP contribution in [0, 0.1) is 12.8 Å². The number of aryl methyl sites for hydroxylation is 1. The second kappa shape index (κ2) is 8.19. The summed E-state index contributed by atoms with van der Waals surface area (Å²) in [5, 5.41) is 3.85. The molecule has 4 heterocycles. The molecule has 1 saturated carbocycles. The molecule has 0 spiro atoms. The first kappa shape index (κ1) is 21.5. The van der Waals surface area contributed by atoms with Gasteiger partial charge in [0.2, 0.25) is 5.91 Å². The number of amides is 1. The van der Waals surface area contributed by atoms with Crippen LogP contribution in [0.25, 0.3) is 27.7 Å². The van der Waals surface area contributed by atoms with Crippen molar-refractivity contribution < 1.29 is 14.0 Å². The van der Waals surface area contributed by atoms with E-state index in [2.05, 4.69) is 20.3 Å². The molecule has 2 atom stereocenters. The van der Waals surface area contributed by atoms with Crippen LogP contribution >= 0.6 is 11.6 Å². The Bertz CT molecular complexity index is 1430. The number of nitrogens with zero attached hydrogens (tertiary/aromatic N) is 4. The maximum Gasteiger partial charge on any atom is 0.231 e. The van der Waals surface area contributed by atoms with E-state index in [1.165, 1.54) is 0 Å². The number of carbonyl (C=O) groups excluding carboxylic acids is 2. The second-order valence-corrected chi connectivity index (χ2v) is 8.72. The van der Waals surface area contributed by atoms with Crippen LogP contribution in [0.3, 0.4) is 0 Å². The van der Waals surface area contributed by atoms with Crippen LogP contribution in [0.15, 0.2) is 36.8 Å². The number of fused-ring (bicyclic) bond motifs is 3. The molecule has 0 radical (unpaired) electrons. The molecule has 168 valence electrons. The van der Waals surface area contributed by atoms with Gasteiger partial charge in [0.15, 0.2) is 5.78 Å². The number of pyridine rings is 3. The number of Topliss-reactive ketones (excluding diaryl/α,β-unsaturated/α-hetero) is 1. The van der Waals surface area contributed by atoms with E-state index in [-0.39, 0.29) is 18.1 Å². The van der Waals surface area contributed by atoms with Gasteiger partial charge in [-0.3, -0.25) is 19.0 Å². The zero-order valence-corrected chi connectivity index (χ0v) is 18.9. The molecule has 0 bridgehead atoms. The largest absolute Gasteiger partial charge is 0.310 e. The monoisotopic (exact) mass is 465 g/mol. The van der Waals surface area contributed by atoms with Gasteiger partial charge >= 0.3 is 0 Å². The Labute approximate surface area is 194 Å². The maximum atomic E-state index is 13.2. The van der Waals surface area contributed by atoms with Gasteiger partial charge in [-0.05, 0) is 37.5 Å². The highest BCUT2D eigenvalue weighted by atomic mass is 35.5. The molecule has 9 heteroatoms. The molecule has 0 aliphatic heterocycles. The van der Waals surface area contributed by atoms with Crippen molar-refractivity contribution in [3.05, 3.63) is 53.2 Å². The highest BCUT2D eigenvalue weighted by molar-refractivity contribution is 6.30. The van der Waals surface area contributed by atoms with Crippen LogP contribution in [0.4, 0.5) is 10.2 Å². The third-order valence-corrected chi connectivity index (χ3v) is 6.14. The first-order valence-electron chi connectivity index (χ1n) is 10.8. The van der Waals surface area contributed by atoms with Gasteiger partial charge < -0.3 is 5.32 Å². The Kier molecular flexibility index (Phi) is 5.32. The van der Waals surface area contributed by atoms with Crippen molar-refractivity contribution in [1.29, 1.82) is 0 Å². The summed E-state index contributed by atoms with van der Waals surface area (Å²) in [7, 11) is 0. The van der Waals surface area contributed by atoms with Crippen molar-refractivity contribution in [2.24, 2.45) is 5.92 Å². The summed E-state index contributed by atoms with van der Waals surface area (Å²) in [5.41, 5.74) is 4.29. The van der Waals surface area contributed by atoms with E-state index >= 15 is 0 Å². The van der Waals surface area contributed by atoms with E-state index in [1.807, 2.05) is 19.9 Å². The lowest BCUT2D eigenvalue weighted by Crippen LogP contribution is -2.16. The standard InChI is InChI=1S/C24H21ClFN5O2/c1-3-4-20(32)18-5-12(2)16(10-27-18)14-6-13-9-28-22(30-24(33)15-7-17(15)26)8-19(13)31-21(25)11-29-23(14)31/h5-6,8-11,15,17H,3-4,7H2,1-2H3,(H,28,30,33). The van der Waals surface area contributed by atoms with Gasteiger partial charge in [-0.2, -0.15) is 0 Å². The minimum atomic E-state index is -1.08. The van der Waals surface area contributed by atoms with E-state index in [9.17, 15) is 14.0 Å². The van der Waals surface area contributed by atoms with Crippen molar-refractivity contribution in [3.8, 4) is 11.1 Å². The van der Waals surface area contributed by atoms with Gasteiger partial charge in [0.05, 0.1) is 17.6 Å². The number of imidazole rings is 1. The van der Waals surface area contributed by atoms with Gasteiger partial charge in [0.25, 0.3) is 0 Å². The predicted molar refractivity (Wildman–Crippen MR) is 124 cm³/mol. The van der Waals surface area contributed by atoms with Gasteiger partial charge in [-0.1, -0.05) is 18.5 Å². The first-order chi connectivity index (χ1) is 15.9. The van der Waals surface area contributed by atoms with E-state index < -0.39 is 12.1 Å². The summed E-state index contributed by atoms with van der Waals surface area (Å²) in [6.45, 7) is 3.89. The van der Waals surface area contributed by atoms with Crippen molar-refractivity contribution in [1.82, 2.24) is 19.4 Å². The van der Waals surface area contributed by atoms with Crippen molar-refractivity contribution in [2.45, 2.75) is 39.3 Å². The Morgan fingerprint density at radius 3 is 2.64 bits per heavy atom. The number of carbonyl (C=O) groups is 2. The minimum Gasteiger partial charge on any atom is -0.310 e. The summed E-state index contributed by atoms with van der Waals surface area (Å²) >= 11 is 6.47. The second-order valence-electron chi connectivity index (χ2n) is 8.33. The number of hydrogen-bond acceptors (Lipinski definition) is 5. The number of aromatic nitrogens is 4. The van der Waals surface area contributed by atoms with Crippen molar-refractivity contribution in [2.75, 3.05) is 5.32 Å². The number of rotatable bonds is 6. The molecule has 2 unspecified atom stereocenters. The lowest BCUT2D eigenvalue weighted by atomic mass is 10.0. The normalized spacial score (nSPS) is 17.5. The summed E-state index contributed by atoms with van der Waals surface area (Å²) in [4.78, 5) is 37.6. The van der Waals surface area contributed by atoms with Crippen LogP contribution in [0.5, 0.6) is 0 Å². The molecule has 1 aliphatic carbocycles. The SMILES string of the molecule is CCCC(=O)c1cc(C)c(-c2cc3cnc(NC(=O)C4CC4F)cc3n3c(Cl)cnc23)cn1. The summed E-state index contributed by atoms with van der Waals surface area (Å²) < 4.78 is 15.0. The minimum absolute atomic E-state index is 0.0173. The van der Waals surface area contributed by atoms with Gasteiger partial charge in [-0.15, -0.1) is 0 Å². The van der Waals surface area contributed by atoms with Gasteiger partial charge in [0.1, 0.15) is 28.5 Å². The van der Waals surface area contributed by atoms with Crippen LogP contribution in [0.1, 0.15) is 42.2 Å². The predicted octanol–water partition coefficient (Wildman–Crippen LogP) is 5.19. The number of anilines is 1. The molecule has 4 aromatic heterocycles. The molecular formula is C24H21ClFN5O2. The number of hydrogen-bond donors (Lipinski definition) is 1. The van der Waals surface area contributed by atoms with Crippen LogP contribution in [0.2, 0.25) is 5.15 Å². The highest BCUT2D eigenvalue weighted by Crippen LogP contribution is 2.36. The first-order valence-corrected chi connectivity index (χ1v) is 11.2.